The first kappa shape index (κ1) is 34.6. The van der Waals surface area contributed by atoms with Crippen molar-refractivity contribution in [2.75, 3.05) is 26.2 Å². The number of piperidine rings is 1. The highest BCUT2D eigenvalue weighted by molar-refractivity contribution is 7.92. The van der Waals surface area contributed by atoms with Crippen molar-refractivity contribution in [3.05, 3.63) is 95.1 Å². The van der Waals surface area contributed by atoms with Crippen LogP contribution in [0.25, 0.3) is 22.2 Å². The van der Waals surface area contributed by atoms with Crippen LogP contribution >= 0.6 is 0 Å². The molecular weight excluding hydrogens is 662 g/mol. The minimum Gasteiger partial charge on any atom is -0.342 e. The molecule has 3 heterocycles. The largest absolute Gasteiger partial charge is 0.416 e. The fourth-order valence-corrected chi connectivity index (χ4v) is 8.73. The quantitative estimate of drug-likeness (QED) is 0.194. The molecular formula is C39H43F3N4O3S. The van der Waals surface area contributed by atoms with Crippen LogP contribution in [0.3, 0.4) is 0 Å². The summed E-state index contributed by atoms with van der Waals surface area (Å²) in [5.74, 6) is -0.395. The van der Waals surface area contributed by atoms with E-state index in [-0.39, 0.29) is 22.6 Å². The Hall–Kier alpha value is -3.80. The second-order valence-corrected chi connectivity index (χ2v) is 16.8. The number of carbonyl (C=O) groups excluding carboxylic acids is 1. The molecule has 1 N–H and O–H groups in total. The summed E-state index contributed by atoms with van der Waals surface area (Å²) in [4.78, 5) is 24.6. The number of alkyl halides is 3. The molecule has 11 heteroatoms. The lowest BCUT2D eigenvalue weighted by molar-refractivity contribution is -0.137. The number of fused-ring (bicyclic) bond motifs is 1. The SMILES string of the molecule is CC(C)S(=O)(=O)c1ccc2nc(-c3cccc(C(F)(F)F)c3)c(CN3CCC(N4CCCC4)CC3)c(C(=O)NC3(c4ccccc4)CC3)c2c1. The van der Waals surface area contributed by atoms with Gasteiger partial charge in [-0.3, -0.25) is 9.69 Å². The van der Waals surface area contributed by atoms with Gasteiger partial charge in [-0.15, -0.1) is 0 Å². The number of sulfone groups is 1. The average Bonchev–Trinajstić information content (AvgIpc) is 3.67. The normalized spacial score (nSPS) is 18.9. The van der Waals surface area contributed by atoms with E-state index in [1.165, 1.54) is 31.0 Å². The molecule has 1 aromatic heterocycles. The van der Waals surface area contributed by atoms with Crippen molar-refractivity contribution in [1.29, 1.82) is 0 Å². The summed E-state index contributed by atoms with van der Waals surface area (Å²) in [5, 5.41) is 2.96. The zero-order chi connectivity index (χ0) is 35.3. The number of halogens is 3. The van der Waals surface area contributed by atoms with Crippen LogP contribution in [-0.2, 0) is 28.1 Å². The van der Waals surface area contributed by atoms with E-state index in [4.69, 9.17) is 4.98 Å². The highest BCUT2D eigenvalue weighted by Gasteiger charge is 2.46. The van der Waals surface area contributed by atoms with Crippen LogP contribution in [0.15, 0.2) is 77.7 Å². The lowest BCUT2D eigenvalue weighted by Crippen LogP contribution is -2.43. The van der Waals surface area contributed by atoms with E-state index in [1.54, 1.807) is 26.0 Å². The monoisotopic (exact) mass is 704 g/mol. The standard InChI is InChI=1S/C39H43F3N4O3S/c1-26(2)50(48,49)31-13-14-34-32(24-31)35(37(47)44-38(17-18-38)28-10-4-3-5-11-28)33(25-45-21-15-30(16-22-45)46-19-6-7-20-46)36(43-34)27-9-8-12-29(23-27)39(40,41)42/h3-5,8-14,23-24,26,30H,6-7,15-22,25H2,1-2H3,(H,44,47). The third-order valence-electron chi connectivity index (χ3n) is 10.7. The Morgan fingerprint density at radius 1 is 0.940 bits per heavy atom. The number of aromatic nitrogens is 1. The first-order valence-corrected chi connectivity index (χ1v) is 19.1. The molecule has 1 amide bonds. The number of carbonyl (C=O) groups is 1. The van der Waals surface area contributed by atoms with Crippen molar-refractivity contribution in [1.82, 2.24) is 20.1 Å². The van der Waals surface area contributed by atoms with E-state index in [2.05, 4.69) is 15.1 Å². The number of likely N-dealkylation sites (tertiary alicyclic amines) is 2. The van der Waals surface area contributed by atoms with Gasteiger partial charge in [0.1, 0.15) is 0 Å². The predicted octanol–water partition coefficient (Wildman–Crippen LogP) is 7.58. The Balaban J connectivity index is 1.39. The fraction of sp³-hybridized carbons (Fsp3) is 0.436. The minimum absolute atomic E-state index is 0.0734. The predicted molar refractivity (Wildman–Crippen MR) is 188 cm³/mol. The Labute approximate surface area is 291 Å². The highest BCUT2D eigenvalue weighted by Crippen LogP contribution is 2.46. The molecule has 264 valence electrons. The number of pyridine rings is 1. The van der Waals surface area contributed by atoms with Gasteiger partial charge in [0.15, 0.2) is 9.84 Å². The summed E-state index contributed by atoms with van der Waals surface area (Å²) in [6.45, 7) is 7.23. The van der Waals surface area contributed by atoms with Crippen molar-refractivity contribution in [2.45, 2.75) is 86.8 Å². The molecule has 0 spiro atoms. The van der Waals surface area contributed by atoms with Crippen LogP contribution in [0.2, 0.25) is 0 Å². The zero-order valence-electron chi connectivity index (χ0n) is 28.5. The van der Waals surface area contributed by atoms with E-state index in [0.29, 0.717) is 28.2 Å². The van der Waals surface area contributed by atoms with E-state index < -0.39 is 38.3 Å². The lowest BCUT2D eigenvalue weighted by Gasteiger charge is -2.37. The van der Waals surface area contributed by atoms with Gasteiger partial charge in [0.05, 0.1) is 38.0 Å². The molecule has 3 aliphatic rings. The number of hydrogen-bond acceptors (Lipinski definition) is 6. The van der Waals surface area contributed by atoms with Crippen molar-refractivity contribution >= 4 is 26.6 Å². The summed E-state index contributed by atoms with van der Waals surface area (Å²) in [7, 11) is -3.71. The smallest absolute Gasteiger partial charge is 0.342 e. The van der Waals surface area contributed by atoms with Crippen molar-refractivity contribution in [2.24, 2.45) is 0 Å². The van der Waals surface area contributed by atoms with E-state index in [0.717, 1.165) is 69.6 Å². The molecule has 4 aromatic rings. The molecule has 1 saturated carbocycles. The number of nitrogens with one attached hydrogen (secondary N) is 1. The molecule has 3 aromatic carbocycles. The molecule has 0 radical (unpaired) electrons. The number of amides is 1. The Bertz CT molecular complexity index is 2000. The van der Waals surface area contributed by atoms with E-state index >= 15 is 0 Å². The topological polar surface area (TPSA) is 82.6 Å². The lowest BCUT2D eigenvalue weighted by atomic mass is 9.93. The fourth-order valence-electron chi connectivity index (χ4n) is 7.65. The Morgan fingerprint density at radius 2 is 1.64 bits per heavy atom. The maximum absolute atomic E-state index is 14.8. The van der Waals surface area contributed by atoms with Crippen LogP contribution in [-0.4, -0.2) is 66.6 Å². The summed E-state index contributed by atoms with van der Waals surface area (Å²) in [5.41, 5.74) is 1.21. The minimum atomic E-state index is -4.57. The maximum atomic E-state index is 14.8. The van der Waals surface area contributed by atoms with Crippen molar-refractivity contribution < 1.29 is 26.4 Å². The van der Waals surface area contributed by atoms with Crippen LogP contribution < -0.4 is 5.32 Å². The van der Waals surface area contributed by atoms with Gasteiger partial charge >= 0.3 is 6.18 Å². The first-order chi connectivity index (χ1) is 23.9. The van der Waals surface area contributed by atoms with Crippen LogP contribution in [0.4, 0.5) is 13.2 Å². The number of nitrogens with zero attached hydrogens (tertiary/aromatic N) is 3. The highest BCUT2D eigenvalue weighted by atomic mass is 32.2. The van der Waals surface area contributed by atoms with Gasteiger partial charge in [-0.1, -0.05) is 42.5 Å². The van der Waals surface area contributed by atoms with Crippen LogP contribution in [0.1, 0.15) is 79.4 Å². The molecule has 2 aliphatic heterocycles. The van der Waals surface area contributed by atoms with Crippen molar-refractivity contribution in [3.63, 3.8) is 0 Å². The molecule has 0 bridgehead atoms. The molecule has 7 rings (SSSR count). The maximum Gasteiger partial charge on any atom is 0.416 e. The van der Waals surface area contributed by atoms with Gasteiger partial charge in [0.25, 0.3) is 5.91 Å². The van der Waals surface area contributed by atoms with Gasteiger partial charge in [0, 0.05) is 29.1 Å². The number of hydrogen-bond donors (Lipinski definition) is 1. The molecule has 50 heavy (non-hydrogen) atoms. The zero-order valence-corrected chi connectivity index (χ0v) is 29.3. The van der Waals surface area contributed by atoms with Crippen molar-refractivity contribution in [3.8, 4) is 11.3 Å². The van der Waals surface area contributed by atoms with Gasteiger partial charge < -0.3 is 10.2 Å². The molecule has 7 nitrogen and oxygen atoms in total. The number of benzene rings is 3. The van der Waals surface area contributed by atoms with E-state index in [1.807, 2.05) is 30.3 Å². The third kappa shape index (κ3) is 6.79. The third-order valence-corrected chi connectivity index (χ3v) is 12.9. The van der Waals surface area contributed by atoms with Gasteiger partial charge in [-0.05, 0) is 114 Å². The molecule has 0 atom stereocenters. The molecule has 3 fully saturated rings. The number of rotatable bonds is 9. The average molecular weight is 705 g/mol. The molecule has 1 aliphatic carbocycles. The second kappa shape index (κ2) is 13.4. The van der Waals surface area contributed by atoms with Crippen LogP contribution in [0.5, 0.6) is 0 Å². The van der Waals surface area contributed by atoms with Gasteiger partial charge in [-0.25, -0.2) is 13.4 Å². The first-order valence-electron chi connectivity index (χ1n) is 17.6. The summed E-state index contributed by atoms with van der Waals surface area (Å²) < 4.78 is 68.8. The van der Waals surface area contributed by atoms with E-state index in [9.17, 15) is 26.4 Å². The summed E-state index contributed by atoms with van der Waals surface area (Å²) >= 11 is 0. The summed E-state index contributed by atoms with van der Waals surface area (Å²) in [6.07, 6.45) is 1.22. The Morgan fingerprint density at radius 3 is 2.28 bits per heavy atom. The summed E-state index contributed by atoms with van der Waals surface area (Å²) in [6, 6.07) is 19.8. The van der Waals surface area contributed by atoms with Crippen LogP contribution in [0, 0.1) is 0 Å². The Kier molecular flexibility index (Phi) is 9.28. The van der Waals surface area contributed by atoms with Gasteiger partial charge in [0.2, 0.25) is 0 Å². The molecule has 2 saturated heterocycles. The second-order valence-electron chi connectivity index (χ2n) is 14.3. The van der Waals surface area contributed by atoms with Gasteiger partial charge in [-0.2, -0.15) is 13.2 Å². The molecule has 0 unspecified atom stereocenters.